The molecule has 1 aromatic heterocycles. The largest absolute Gasteiger partial charge is 0.468 e. The Labute approximate surface area is 161 Å². The lowest BCUT2D eigenvalue weighted by atomic mass is 9.90. The van der Waals surface area contributed by atoms with E-state index in [1.165, 1.54) is 5.56 Å². The van der Waals surface area contributed by atoms with Gasteiger partial charge in [0.2, 0.25) is 0 Å². The fraction of sp³-hybridized carbons (Fsp3) is 0.500. The first-order valence-electron chi connectivity index (χ1n) is 9.69. The third-order valence-corrected chi connectivity index (χ3v) is 5.26. The molecule has 0 radical (unpaired) electrons. The van der Waals surface area contributed by atoms with Crippen molar-refractivity contribution < 1.29 is 14.3 Å². The molecular formula is C22H30N2O3. The highest BCUT2D eigenvalue weighted by Gasteiger charge is 2.42. The lowest BCUT2D eigenvalue weighted by Gasteiger charge is -2.40. The van der Waals surface area contributed by atoms with E-state index in [1.54, 1.807) is 11.2 Å². The van der Waals surface area contributed by atoms with E-state index < -0.39 is 5.60 Å². The standard InChI is InChI=1S/C22H30N2O3/c1-17(2)19-9-7-18(8-10-19)14-24-12-5-11-22(26,21(24)25)16-23(3)15-20-6-4-13-27-20/h4,6-10,13,17,26H,5,11-12,14-16H2,1-3H3. The van der Waals surface area contributed by atoms with Crippen LogP contribution in [0, 0.1) is 0 Å². The van der Waals surface area contributed by atoms with Crippen LogP contribution in [0.5, 0.6) is 0 Å². The molecule has 2 aromatic rings. The molecule has 0 bridgehead atoms. The number of nitrogens with zero attached hydrogens (tertiary/aromatic N) is 2. The molecule has 1 aromatic carbocycles. The third kappa shape index (κ3) is 4.79. The molecule has 1 unspecified atom stereocenters. The van der Waals surface area contributed by atoms with Crippen LogP contribution < -0.4 is 0 Å². The summed E-state index contributed by atoms with van der Waals surface area (Å²) in [7, 11) is 1.90. The molecule has 3 rings (SSSR count). The SMILES string of the molecule is CC(C)c1ccc(CN2CCCC(O)(CN(C)Cc3ccco3)C2=O)cc1. The van der Waals surface area contributed by atoms with Gasteiger partial charge in [-0.25, -0.2) is 0 Å². The first kappa shape index (κ1) is 19.6. The minimum absolute atomic E-state index is 0.173. The molecule has 1 saturated heterocycles. The summed E-state index contributed by atoms with van der Waals surface area (Å²) in [4.78, 5) is 16.7. The minimum atomic E-state index is -1.34. The van der Waals surface area contributed by atoms with Crippen molar-refractivity contribution in [3.05, 3.63) is 59.5 Å². The molecule has 146 valence electrons. The minimum Gasteiger partial charge on any atom is -0.468 e. The highest BCUT2D eigenvalue weighted by Crippen LogP contribution is 2.26. The van der Waals surface area contributed by atoms with Gasteiger partial charge in [0.15, 0.2) is 5.60 Å². The molecular weight excluding hydrogens is 340 g/mol. The summed E-state index contributed by atoms with van der Waals surface area (Å²) < 4.78 is 5.36. The number of furan rings is 1. The summed E-state index contributed by atoms with van der Waals surface area (Å²) in [5.41, 5.74) is 1.05. The molecule has 5 nitrogen and oxygen atoms in total. The van der Waals surface area contributed by atoms with Crippen molar-refractivity contribution >= 4 is 5.91 Å². The van der Waals surface area contributed by atoms with Gasteiger partial charge >= 0.3 is 0 Å². The number of carbonyl (C=O) groups is 1. The van der Waals surface area contributed by atoms with Crippen molar-refractivity contribution in [2.75, 3.05) is 20.1 Å². The lowest BCUT2D eigenvalue weighted by Crippen LogP contribution is -2.57. The van der Waals surface area contributed by atoms with E-state index in [0.717, 1.165) is 17.7 Å². The average Bonchev–Trinajstić information content (AvgIpc) is 3.12. The van der Waals surface area contributed by atoms with E-state index in [-0.39, 0.29) is 5.91 Å². The monoisotopic (exact) mass is 370 g/mol. The molecule has 27 heavy (non-hydrogen) atoms. The molecule has 1 aliphatic heterocycles. The predicted molar refractivity (Wildman–Crippen MR) is 105 cm³/mol. The quantitative estimate of drug-likeness (QED) is 0.812. The Bertz CT molecular complexity index is 739. The average molecular weight is 370 g/mol. The number of piperidine rings is 1. The number of hydrogen-bond donors (Lipinski definition) is 1. The summed E-state index contributed by atoms with van der Waals surface area (Å²) in [6, 6.07) is 12.2. The zero-order valence-electron chi connectivity index (χ0n) is 16.5. The van der Waals surface area contributed by atoms with Crippen molar-refractivity contribution in [1.29, 1.82) is 0 Å². The number of rotatable bonds is 7. The third-order valence-electron chi connectivity index (χ3n) is 5.26. The van der Waals surface area contributed by atoms with Crippen molar-refractivity contribution in [3.8, 4) is 0 Å². The Morgan fingerprint density at radius 3 is 2.63 bits per heavy atom. The van der Waals surface area contributed by atoms with E-state index in [2.05, 4.69) is 38.1 Å². The topological polar surface area (TPSA) is 56.9 Å². The van der Waals surface area contributed by atoms with Gasteiger partial charge < -0.3 is 14.4 Å². The Hall–Kier alpha value is -2.11. The molecule has 1 amide bonds. The second kappa shape index (κ2) is 8.28. The van der Waals surface area contributed by atoms with Gasteiger partial charge in [-0.2, -0.15) is 0 Å². The van der Waals surface area contributed by atoms with Gasteiger partial charge in [0, 0.05) is 19.6 Å². The van der Waals surface area contributed by atoms with Gasteiger partial charge in [-0.15, -0.1) is 0 Å². The number of hydrogen-bond acceptors (Lipinski definition) is 4. The van der Waals surface area contributed by atoms with Gasteiger partial charge in [-0.3, -0.25) is 9.69 Å². The van der Waals surface area contributed by atoms with Gasteiger partial charge in [0.05, 0.1) is 12.8 Å². The van der Waals surface area contributed by atoms with Crippen LogP contribution in [0.2, 0.25) is 0 Å². The summed E-state index contributed by atoms with van der Waals surface area (Å²) in [5.74, 6) is 1.14. The summed E-state index contributed by atoms with van der Waals surface area (Å²) >= 11 is 0. The van der Waals surface area contributed by atoms with Crippen LogP contribution in [0.15, 0.2) is 47.1 Å². The van der Waals surface area contributed by atoms with Crippen molar-refractivity contribution in [2.24, 2.45) is 0 Å². The van der Waals surface area contributed by atoms with Crippen molar-refractivity contribution in [1.82, 2.24) is 9.80 Å². The number of carbonyl (C=O) groups excluding carboxylic acids is 1. The Kier molecular flexibility index (Phi) is 6.02. The predicted octanol–water partition coefficient (Wildman–Crippen LogP) is 3.39. The lowest BCUT2D eigenvalue weighted by molar-refractivity contribution is -0.160. The van der Waals surface area contributed by atoms with Gasteiger partial charge in [-0.1, -0.05) is 38.1 Å². The first-order valence-corrected chi connectivity index (χ1v) is 9.69. The van der Waals surface area contributed by atoms with Crippen LogP contribution in [0.3, 0.4) is 0 Å². The van der Waals surface area contributed by atoms with Crippen LogP contribution in [-0.2, 0) is 17.9 Å². The van der Waals surface area contributed by atoms with Gasteiger partial charge in [0.1, 0.15) is 5.76 Å². The van der Waals surface area contributed by atoms with Crippen LogP contribution >= 0.6 is 0 Å². The summed E-state index contributed by atoms with van der Waals surface area (Å²) in [6.07, 6.45) is 2.94. The van der Waals surface area contributed by atoms with Crippen molar-refractivity contribution in [2.45, 2.75) is 51.3 Å². The number of benzene rings is 1. The van der Waals surface area contributed by atoms with E-state index in [9.17, 15) is 9.90 Å². The van der Waals surface area contributed by atoms with Crippen LogP contribution in [0.1, 0.15) is 49.5 Å². The summed E-state index contributed by atoms with van der Waals surface area (Å²) in [5, 5.41) is 11.0. The van der Waals surface area contributed by atoms with Crippen molar-refractivity contribution in [3.63, 3.8) is 0 Å². The molecule has 1 aliphatic rings. The van der Waals surface area contributed by atoms with Crippen LogP contribution in [0.4, 0.5) is 0 Å². The number of likely N-dealkylation sites (N-methyl/N-ethyl adjacent to an activating group) is 1. The fourth-order valence-corrected chi connectivity index (χ4v) is 3.76. The van der Waals surface area contributed by atoms with Crippen LogP contribution in [0.25, 0.3) is 0 Å². The number of aliphatic hydroxyl groups is 1. The van der Waals surface area contributed by atoms with E-state index in [4.69, 9.17) is 4.42 Å². The number of likely N-dealkylation sites (tertiary alicyclic amines) is 1. The smallest absolute Gasteiger partial charge is 0.256 e. The second-order valence-electron chi connectivity index (χ2n) is 8.01. The summed E-state index contributed by atoms with van der Waals surface area (Å²) in [6.45, 7) is 6.44. The fourth-order valence-electron chi connectivity index (χ4n) is 3.76. The Balaban J connectivity index is 1.63. The molecule has 1 fully saturated rings. The maximum Gasteiger partial charge on any atom is 0.256 e. The van der Waals surface area contributed by atoms with Crippen LogP contribution in [-0.4, -0.2) is 46.6 Å². The van der Waals surface area contributed by atoms with E-state index in [1.807, 2.05) is 24.1 Å². The first-order chi connectivity index (χ1) is 12.9. The highest BCUT2D eigenvalue weighted by molar-refractivity contribution is 5.86. The molecule has 2 heterocycles. The zero-order chi connectivity index (χ0) is 19.4. The van der Waals surface area contributed by atoms with E-state index >= 15 is 0 Å². The number of amides is 1. The normalized spacial score (nSPS) is 20.7. The molecule has 0 aliphatic carbocycles. The second-order valence-corrected chi connectivity index (χ2v) is 8.01. The molecule has 0 saturated carbocycles. The molecule has 1 atom stereocenters. The maximum atomic E-state index is 13.0. The van der Waals surface area contributed by atoms with Gasteiger partial charge in [0.25, 0.3) is 5.91 Å². The van der Waals surface area contributed by atoms with Gasteiger partial charge in [-0.05, 0) is 49.1 Å². The van der Waals surface area contributed by atoms with E-state index in [0.29, 0.717) is 38.5 Å². The molecule has 0 spiro atoms. The molecule has 5 heteroatoms. The highest BCUT2D eigenvalue weighted by atomic mass is 16.3. The molecule has 1 N–H and O–H groups in total. The zero-order valence-corrected chi connectivity index (χ0v) is 16.5. The Morgan fingerprint density at radius 1 is 1.26 bits per heavy atom. The Morgan fingerprint density at radius 2 is 2.00 bits per heavy atom. The maximum absolute atomic E-state index is 13.0.